The number of nitrogens with one attached hydrogen (secondary N) is 1. The van der Waals surface area contributed by atoms with E-state index < -0.39 is 0 Å². The average molecular weight is 419 g/mol. The second-order valence-electron chi connectivity index (χ2n) is 8.42. The molecule has 1 aromatic carbocycles. The van der Waals surface area contributed by atoms with Gasteiger partial charge in [0.25, 0.3) is 0 Å². The van der Waals surface area contributed by atoms with Crippen molar-refractivity contribution in [3.8, 4) is 11.1 Å². The number of benzene rings is 1. The summed E-state index contributed by atoms with van der Waals surface area (Å²) in [5.41, 5.74) is 11.9. The maximum absolute atomic E-state index is 12.9. The number of primary amides is 1. The van der Waals surface area contributed by atoms with Crippen LogP contribution >= 0.6 is 0 Å². The van der Waals surface area contributed by atoms with Crippen LogP contribution in [0.4, 0.5) is 0 Å². The van der Waals surface area contributed by atoms with Crippen LogP contribution in [0.1, 0.15) is 30.0 Å². The van der Waals surface area contributed by atoms with Gasteiger partial charge in [-0.3, -0.25) is 14.3 Å². The van der Waals surface area contributed by atoms with Crippen LogP contribution in [0.15, 0.2) is 35.5 Å². The van der Waals surface area contributed by atoms with E-state index in [1.807, 2.05) is 28.7 Å². The number of nitrogens with two attached hydrogens (primary N) is 1. The fourth-order valence-electron chi connectivity index (χ4n) is 4.80. The van der Waals surface area contributed by atoms with Crippen LogP contribution in [0.2, 0.25) is 0 Å². The Hall–Kier alpha value is -3.46. The molecule has 0 unspecified atom stereocenters. The van der Waals surface area contributed by atoms with E-state index in [-0.39, 0.29) is 24.2 Å². The number of carbonyl (C=O) groups excluding carboxylic acids is 1. The molecule has 5 rings (SSSR count). The molecule has 3 aromatic heterocycles. The van der Waals surface area contributed by atoms with Gasteiger partial charge < -0.3 is 10.7 Å². The number of aromatic nitrogens is 5. The number of likely N-dealkylation sites (tertiary alicyclic amines) is 1. The zero-order valence-corrected chi connectivity index (χ0v) is 17.6. The highest BCUT2D eigenvalue weighted by Gasteiger charge is 2.25. The first-order chi connectivity index (χ1) is 14.9. The fraction of sp³-hybridized carbons (Fsp3) is 0.364. The van der Waals surface area contributed by atoms with Crippen LogP contribution in [0.25, 0.3) is 27.8 Å². The Balaban J connectivity index is 1.57. The van der Waals surface area contributed by atoms with Gasteiger partial charge in [-0.25, -0.2) is 14.3 Å². The number of aromatic amines is 1. The van der Waals surface area contributed by atoms with Crippen LogP contribution in [0.3, 0.4) is 0 Å². The van der Waals surface area contributed by atoms with Crippen LogP contribution in [0.5, 0.6) is 0 Å². The minimum Gasteiger partial charge on any atom is -0.369 e. The zero-order valence-electron chi connectivity index (χ0n) is 17.6. The molecule has 0 spiro atoms. The van der Waals surface area contributed by atoms with Gasteiger partial charge in [-0.2, -0.15) is 5.10 Å². The number of fused-ring (bicyclic) bond motifs is 2. The van der Waals surface area contributed by atoms with Crippen molar-refractivity contribution in [3.63, 3.8) is 0 Å². The minimum absolute atomic E-state index is 0.00773. The lowest BCUT2D eigenvalue weighted by Gasteiger charge is -2.32. The summed E-state index contributed by atoms with van der Waals surface area (Å²) in [6.07, 6.45) is 5.32. The van der Waals surface area contributed by atoms with E-state index >= 15 is 0 Å². The smallest absolute Gasteiger partial charge is 0.326 e. The van der Waals surface area contributed by atoms with Gasteiger partial charge >= 0.3 is 5.69 Å². The number of carbonyl (C=O) groups is 1. The Labute approximate surface area is 178 Å². The third-order valence-corrected chi connectivity index (χ3v) is 6.16. The predicted octanol–water partition coefficient (Wildman–Crippen LogP) is 1.78. The normalized spacial score (nSPS) is 17.5. The largest absolute Gasteiger partial charge is 0.369 e. The van der Waals surface area contributed by atoms with Crippen LogP contribution in [0, 0.1) is 13.8 Å². The van der Waals surface area contributed by atoms with Crippen molar-refractivity contribution in [2.75, 3.05) is 19.6 Å². The second kappa shape index (κ2) is 7.35. The van der Waals surface area contributed by atoms with Gasteiger partial charge in [0.15, 0.2) is 5.65 Å². The molecule has 3 N–H and O–H groups in total. The maximum atomic E-state index is 12.9. The summed E-state index contributed by atoms with van der Waals surface area (Å²) in [5, 5.41) is 4.27. The van der Waals surface area contributed by atoms with E-state index in [1.54, 1.807) is 10.8 Å². The summed E-state index contributed by atoms with van der Waals surface area (Å²) in [7, 11) is 0. The molecule has 1 atom stereocenters. The van der Waals surface area contributed by atoms with E-state index in [2.05, 4.69) is 34.1 Å². The summed E-state index contributed by atoms with van der Waals surface area (Å²) < 4.78 is 3.61. The topological polar surface area (TPSA) is 114 Å². The first kappa shape index (κ1) is 19.5. The van der Waals surface area contributed by atoms with Crippen molar-refractivity contribution in [2.24, 2.45) is 5.73 Å². The Morgan fingerprint density at radius 1 is 1.26 bits per heavy atom. The summed E-state index contributed by atoms with van der Waals surface area (Å²) in [4.78, 5) is 33.6. The Morgan fingerprint density at radius 2 is 2.10 bits per heavy atom. The number of hydrogen-bond donors (Lipinski definition) is 2. The number of rotatable bonds is 4. The van der Waals surface area contributed by atoms with E-state index in [4.69, 9.17) is 5.73 Å². The molecule has 9 nitrogen and oxygen atoms in total. The molecule has 160 valence electrons. The monoisotopic (exact) mass is 419 g/mol. The van der Waals surface area contributed by atoms with E-state index in [0.717, 1.165) is 58.3 Å². The first-order valence-electron chi connectivity index (χ1n) is 10.5. The van der Waals surface area contributed by atoms with Gasteiger partial charge in [0, 0.05) is 18.3 Å². The highest BCUT2D eigenvalue weighted by atomic mass is 16.1. The number of H-pyrrole nitrogens is 1. The number of nitrogens with zero attached hydrogens (tertiary/aromatic N) is 5. The molecule has 0 radical (unpaired) electrons. The predicted molar refractivity (Wildman–Crippen MR) is 118 cm³/mol. The number of amides is 1. The number of aryl methyl sites for hydroxylation is 2. The summed E-state index contributed by atoms with van der Waals surface area (Å²) in [6, 6.07) is 6.20. The Kier molecular flexibility index (Phi) is 4.62. The molecule has 0 aliphatic carbocycles. The molecule has 1 aliphatic heterocycles. The highest BCUT2D eigenvalue weighted by molar-refractivity contribution is 5.85. The lowest BCUT2D eigenvalue weighted by molar-refractivity contribution is -0.119. The van der Waals surface area contributed by atoms with Gasteiger partial charge in [-0.15, -0.1) is 0 Å². The fourth-order valence-corrected chi connectivity index (χ4v) is 4.80. The number of hydrogen-bond acceptors (Lipinski definition) is 5. The second-order valence-corrected chi connectivity index (χ2v) is 8.42. The van der Waals surface area contributed by atoms with Crippen molar-refractivity contribution < 1.29 is 4.79 Å². The van der Waals surface area contributed by atoms with Gasteiger partial charge in [0.2, 0.25) is 5.91 Å². The quantitative estimate of drug-likeness (QED) is 0.523. The molecule has 1 fully saturated rings. The van der Waals surface area contributed by atoms with E-state index in [1.165, 1.54) is 0 Å². The van der Waals surface area contributed by atoms with E-state index in [0.29, 0.717) is 6.54 Å². The molecule has 1 aliphatic rings. The van der Waals surface area contributed by atoms with Gasteiger partial charge in [-0.05, 0) is 68.1 Å². The molecular weight excluding hydrogens is 394 g/mol. The molecule has 1 saturated heterocycles. The summed E-state index contributed by atoms with van der Waals surface area (Å²) in [6.45, 7) is 5.75. The van der Waals surface area contributed by atoms with Gasteiger partial charge in [-0.1, -0.05) is 0 Å². The molecule has 0 saturated carbocycles. The number of pyridine rings is 1. The zero-order chi connectivity index (χ0) is 21.7. The molecule has 4 aromatic rings. The molecular formula is C22H25N7O2. The lowest BCUT2D eigenvalue weighted by atomic mass is 9.99. The van der Waals surface area contributed by atoms with Gasteiger partial charge in [0.1, 0.15) is 6.33 Å². The third-order valence-electron chi connectivity index (χ3n) is 6.16. The SMILES string of the molecule is Cc1cc2c(cc1-c1cc(C)c3ncnn3c1)[nH]c(=O)n2[C@@H]1CCCN(CC(N)=O)C1. The molecule has 4 heterocycles. The number of piperidine rings is 1. The first-order valence-corrected chi connectivity index (χ1v) is 10.5. The standard InChI is InChI=1S/C22H25N7O2/c1-13-7-19-18(8-17(13)15-6-14(2)21-24-12-25-28(21)9-15)26-22(31)29(19)16-4-3-5-27(10-16)11-20(23)30/h6-9,12,16H,3-5,10-11H2,1-2H3,(H2,23,30)(H,26,31)/t16-/m1/s1. The highest BCUT2D eigenvalue weighted by Crippen LogP contribution is 2.31. The number of imidazole rings is 1. The third kappa shape index (κ3) is 3.40. The Bertz CT molecular complexity index is 1360. The summed E-state index contributed by atoms with van der Waals surface area (Å²) >= 11 is 0. The van der Waals surface area contributed by atoms with Crippen molar-refractivity contribution in [2.45, 2.75) is 32.7 Å². The van der Waals surface area contributed by atoms with Crippen molar-refractivity contribution in [1.82, 2.24) is 29.0 Å². The molecule has 0 bridgehead atoms. The van der Waals surface area contributed by atoms with E-state index in [9.17, 15) is 9.59 Å². The van der Waals surface area contributed by atoms with Crippen molar-refractivity contribution >= 4 is 22.6 Å². The molecule has 9 heteroatoms. The lowest BCUT2D eigenvalue weighted by Crippen LogP contribution is -2.43. The average Bonchev–Trinajstić information content (AvgIpc) is 3.30. The van der Waals surface area contributed by atoms with Crippen molar-refractivity contribution in [1.29, 1.82) is 0 Å². The minimum atomic E-state index is -0.341. The van der Waals surface area contributed by atoms with Crippen molar-refractivity contribution in [3.05, 3.63) is 52.3 Å². The molecule has 1 amide bonds. The maximum Gasteiger partial charge on any atom is 0.326 e. The summed E-state index contributed by atoms with van der Waals surface area (Å²) in [5.74, 6) is -0.341. The van der Waals surface area contributed by atoms with Crippen LogP contribution in [-0.2, 0) is 4.79 Å². The molecule has 31 heavy (non-hydrogen) atoms. The Morgan fingerprint density at radius 3 is 2.90 bits per heavy atom. The van der Waals surface area contributed by atoms with Gasteiger partial charge in [0.05, 0.1) is 23.6 Å². The van der Waals surface area contributed by atoms with Crippen LogP contribution < -0.4 is 11.4 Å². The van der Waals surface area contributed by atoms with Crippen LogP contribution in [-0.4, -0.2) is 54.6 Å².